The summed E-state index contributed by atoms with van der Waals surface area (Å²) in [6, 6.07) is 67.8. The molecule has 0 aliphatic rings. The summed E-state index contributed by atoms with van der Waals surface area (Å²) in [4.78, 5) is 3.56. The fourth-order valence-electron chi connectivity index (χ4n) is 7.21. The zero-order valence-electron chi connectivity index (χ0n) is 28.4. The first-order valence-corrected chi connectivity index (χ1v) is 17.5. The van der Waals surface area contributed by atoms with Gasteiger partial charge in [0.2, 0.25) is 0 Å². The Kier molecular flexibility index (Phi) is 7.75. The van der Waals surface area contributed by atoms with Gasteiger partial charge in [0.05, 0.1) is 0 Å². The smallest absolute Gasteiger partial charge is 0.0465 e. The number of benzene rings is 8. The van der Waals surface area contributed by atoms with Gasteiger partial charge in [0.25, 0.3) is 0 Å². The van der Waals surface area contributed by atoms with E-state index in [4.69, 9.17) is 0 Å². The molecule has 9 rings (SSSR count). The maximum atomic E-state index is 3.73. The number of aromatic amines is 1. The van der Waals surface area contributed by atoms with Gasteiger partial charge < -0.3 is 10.3 Å². The number of anilines is 2. The Labute approximate surface area is 298 Å². The van der Waals surface area contributed by atoms with Crippen LogP contribution in [0.4, 0.5) is 11.4 Å². The van der Waals surface area contributed by atoms with Crippen LogP contribution in [0.1, 0.15) is 5.56 Å². The molecule has 0 aliphatic carbocycles. The van der Waals surface area contributed by atoms with Crippen LogP contribution < -0.4 is 5.32 Å². The number of rotatable bonds is 7. The molecule has 9 aromatic rings. The normalized spacial score (nSPS) is 11.2. The number of aryl methyl sites for hydroxylation is 1. The van der Waals surface area contributed by atoms with Crippen LogP contribution in [0.2, 0.25) is 0 Å². The number of aromatic nitrogens is 1. The van der Waals surface area contributed by atoms with E-state index in [2.05, 4.69) is 205 Å². The van der Waals surface area contributed by atoms with Crippen molar-refractivity contribution < 1.29 is 0 Å². The molecule has 0 saturated heterocycles. The van der Waals surface area contributed by atoms with Crippen LogP contribution in [-0.2, 0) is 0 Å². The van der Waals surface area contributed by atoms with Crippen LogP contribution in [0.5, 0.6) is 0 Å². The standard InChI is InChI=1S/C49H36N2/c1-33-10-7-17-43(28-33)50-48-26-24-41(39-15-9-16-40(30-39)42-25-27-49-46(32-42)44-18-5-6-19-47(44)51-49)31-45(48)36-22-20-35(21-23-36)38-14-8-13-37(29-38)34-11-3-2-4-12-34/h2-32,50-51H,1H3. The molecule has 2 heteroatoms. The summed E-state index contributed by atoms with van der Waals surface area (Å²) in [5, 5.41) is 6.23. The Bertz CT molecular complexity index is 2660. The number of H-pyrrole nitrogens is 1. The van der Waals surface area contributed by atoms with E-state index >= 15 is 0 Å². The average molecular weight is 653 g/mol. The fourth-order valence-corrected chi connectivity index (χ4v) is 7.21. The Morgan fingerprint density at radius 2 is 0.882 bits per heavy atom. The minimum atomic E-state index is 1.07. The van der Waals surface area contributed by atoms with Gasteiger partial charge >= 0.3 is 0 Å². The summed E-state index contributed by atoms with van der Waals surface area (Å²) in [7, 11) is 0. The molecule has 0 bridgehead atoms. The molecule has 0 amide bonds. The first-order chi connectivity index (χ1) is 25.1. The van der Waals surface area contributed by atoms with Gasteiger partial charge in [-0.25, -0.2) is 0 Å². The minimum absolute atomic E-state index is 1.07. The third kappa shape index (κ3) is 6.09. The van der Waals surface area contributed by atoms with Gasteiger partial charge in [-0.2, -0.15) is 0 Å². The van der Waals surface area contributed by atoms with E-state index in [9.17, 15) is 0 Å². The van der Waals surface area contributed by atoms with E-state index in [1.54, 1.807) is 0 Å². The molecule has 0 spiro atoms. The second-order valence-corrected chi connectivity index (χ2v) is 13.3. The molecular weight excluding hydrogens is 617 g/mol. The van der Waals surface area contributed by atoms with Gasteiger partial charge in [0.1, 0.15) is 0 Å². The maximum Gasteiger partial charge on any atom is 0.0465 e. The van der Waals surface area contributed by atoms with Gasteiger partial charge in [-0.1, -0.05) is 133 Å². The highest BCUT2D eigenvalue weighted by molar-refractivity contribution is 6.08. The molecule has 8 aromatic carbocycles. The lowest BCUT2D eigenvalue weighted by Crippen LogP contribution is -1.95. The Morgan fingerprint density at radius 3 is 1.63 bits per heavy atom. The van der Waals surface area contributed by atoms with E-state index in [1.807, 2.05) is 0 Å². The molecule has 0 fully saturated rings. The van der Waals surface area contributed by atoms with E-state index < -0.39 is 0 Å². The Hall–Kier alpha value is -6.64. The van der Waals surface area contributed by atoms with Crippen molar-refractivity contribution in [2.24, 2.45) is 0 Å². The highest BCUT2D eigenvalue weighted by Gasteiger charge is 2.12. The lowest BCUT2D eigenvalue weighted by Gasteiger charge is -2.16. The number of hydrogen-bond donors (Lipinski definition) is 2. The van der Waals surface area contributed by atoms with Crippen molar-refractivity contribution in [3.8, 4) is 55.6 Å². The molecule has 51 heavy (non-hydrogen) atoms. The van der Waals surface area contributed by atoms with Crippen LogP contribution in [-0.4, -0.2) is 4.98 Å². The van der Waals surface area contributed by atoms with Crippen molar-refractivity contribution in [2.75, 3.05) is 5.32 Å². The van der Waals surface area contributed by atoms with E-state index in [0.29, 0.717) is 0 Å². The minimum Gasteiger partial charge on any atom is -0.355 e. The van der Waals surface area contributed by atoms with Crippen LogP contribution >= 0.6 is 0 Å². The molecule has 242 valence electrons. The Balaban J connectivity index is 1.09. The van der Waals surface area contributed by atoms with E-state index in [-0.39, 0.29) is 0 Å². The second kappa shape index (κ2) is 13.0. The molecule has 2 N–H and O–H groups in total. The third-order valence-electron chi connectivity index (χ3n) is 9.85. The summed E-state index contributed by atoms with van der Waals surface area (Å²) in [6.07, 6.45) is 0. The summed E-state index contributed by atoms with van der Waals surface area (Å²) >= 11 is 0. The van der Waals surface area contributed by atoms with Crippen molar-refractivity contribution in [2.45, 2.75) is 6.92 Å². The van der Waals surface area contributed by atoms with Gasteiger partial charge in [0, 0.05) is 38.7 Å². The highest BCUT2D eigenvalue weighted by Crippen LogP contribution is 2.38. The SMILES string of the molecule is Cc1cccc(Nc2ccc(-c3cccc(-c4ccc5[nH]c6ccccc6c5c4)c3)cc2-c2ccc(-c3cccc(-c4ccccc4)c3)cc2)c1. The average Bonchev–Trinajstić information content (AvgIpc) is 3.57. The fraction of sp³-hybridized carbons (Fsp3) is 0.0204. The van der Waals surface area contributed by atoms with Gasteiger partial charge in [0.15, 0.2) is 0 Å². The van der Waals surface area contributed by atoms with Crippen molar-refractivity contribution >= 4 is 33.2 Å². The molecule has 0 unspecified atom stereocenters. The molecule has 1 heterocycles. The van der Waals surface area contributed by atoms with E-state index in [1.165, 1.54) is 66.4 Å². The van der Waals surface area contributed by atoms with Crippen LogP contribution in [0, 0.1) is 6.92 Å². The van der Waals surface area contributed by atoms with Crippen LogP contribution in [0.25, 0.3) is 77.4 Å². The Morgan fingerprint density at radius 1 is 0.353 bits per heavy atom. The number of nitrogens with one attached hydrogen (secondary N) is 2. The lowest BCUT2D eigenvalue weighted by atomic mass is 9.93. The number of hydrogen-bond acceptors (Lipinski definition) is 1. The molecule has 2 nitrogen and oxygen atoms in total. The highest BCUT2D eigenvalue weighted by atomic mass is 14.9. The zero-order chi connectivity index (χ0) is 34.1. The van der Waals surface area contributed by atoms with Crippen molar-refractivity contribution in [3.05, 3.63) is 194 Å². The van der Waals surface area contributed by atoms with Crippen molar-refractivity contribution in [1.29, 1.82) is 0 Å². The molecule has 0 aliphatic heterocycles. The molecule has 0 atom stereocenters. The first-order valence-electron chi connectivity index (χ1n) is 17.5. The monoisotopic (exact) mass is 652 g/mol. The van der Waals surface area contributed by atoms with Crippen molar-refractivity contribution in [1.82, 2.24) is 4.98 Å². The lowest BCUT2D eigenvalue weighted by molar-refractivity contribution is 1.45. The van der Waals surface area contributed by atoms with Gasteiger partial charge in [-0.15, -0.1) is 0 Å². The first kappa shape index (κ1) is 30.4. The molecule has 0 saturated carbocycles. The van der Waals surface area contributed by atoms with Crippen LogP contribution in [0.3, 0.4) is 0 Å². The number of fused-ring (bicyclic) bond motifs is 3. The number of para-hydroxylation sites is 1. The predicted octanol–water partition coefficient (Wildman–Crippen LogP) is 13.7. The molecule has 0 radical (unpaired) electrons. The maximum absolute atomic E-state index is 3.73. The molecule has 1 aromatic heterocycles. The summed E-state index contributed by atoms with van der Waals surface area (Å²) in [5.41, 5.74) is 17.6. The second-order valence-electron chi connectivity index (χ2n) is 13.3. The van der Waals surface area contributed by atoms with Crippen LogP contribution in [0.15, 0.2) is 188 Å². The van der Waals surface area contributed by atoms with Gasteiger partial charge in [-0.3, -0.25) is 0 Å². The van der Waals surface area contributed by atoms with E-state index in [0.717, 1.165) is 28.0 Å². The molecular formula is C49H36N2. The quantitative estimate of drug-likeness (QED) is 0.176. The topological polar surface area (TPSA) is 27.8 Å². The zero-order valence-corrected chi connectivity index (χ0v) is 28.4. The van der Waals surface area contributed by atoms with Crippen molar-refractivity contribution in [3.63, 3.8) is 0 Å². The summed E-state index contributed by atoms with van der Waals surface area (Å²) < 4.78 is 0. The predicted molar refractivity (Wildman–Crippen MR) is 217 cm³/mol. The summed E-state index contributed by atoms with van der Waals surface area (Å²) in [5.74, 6) is 0. The van der Waals surface area contributed by atoms with Gasteiger partial charge in [-0.05, 0) is 117 Å². The third-order valence-corrected chi connectivity index (χ3v) is 9.85. The largest absolute Gasteiger partial charge is 0.355 e. The summed E-state index contributed by atoms with van der Waals surface area (Å²) in [6.45, 7) is 2.13.